The van der Waals surface area contributed by atoms with Crippen LogP contribution in [0, 0.1) is 0 Å². The fourth-order valence-electron chi connectivity index (χ4n) is 3.38. The first kappa shape index (κ1) is 19.0. The lowest BCUT2D eigenvalue weighted by atomic mass is 10.1. The van der Waals surface area contributed by atoms with Gasteiger partial charge >= 0.3 is 0 Å². The Morgan fingerprint density at radius 3 is 2.45 bits per heavy atom. The number of anilines is 1. The summed E-state index contributed by atoms with van der Waals surface area (Å²) in [6.07, 6.45) is 5.74. The van der Waals surface area contributed by atoms with E-state index < -0.39 is 0 Å². The van der Waals surface area contributed by atoms with Gasteiger partial charge in [0, 0.05) is 23.5 Å². The third-order valence-electron chi connectivity index (χ3n) is 4.89. The van der Waals surface area contributed by atoms with Crippen LogP contribution in [0.15, 0.2) is 54.9 Å². The first-order valence-electron chi connectivity index (χ1n) is 9.67. The van der Waals surface area contributed by atoms with Crippen molar-refractivity contribution in [2.75, 3.05) is 32.1 Å². The molecule has 3 aromatic rings. The quantitative estimate of drug-likeness (QED) is 0.697. The van der Waals surface area contributed by atoms with Gasteiger partial charge in [0.25, 0.3) is 0 Å². The molecule has 0 bridgehead atoms. The van der Waals surface area contributed by atoms with Gasteiger partial charge in [-0.2, -0.15) is 0 Å². The highest BCUT2D eigenvalue weighted by atomic mass is 16.5. The molecule has 1 aliphatic rings. The Morgan fingerprint density at radius 2 is 1.79 bits per heavy atom. The molecule has 0 saturated carbocycles. The number of amides is 1. The molecule has 1 saturated heterocycles. The summed E-state index contributed by atoms with van der Waals surface area (Å²) in [6.45, 7) is 2.28. The minimum absolute atomic E-state index is 0.101. The highest BCUT2D eigenvalue weighted by molar-refractivity contribution is 5.91. The zero-order valence-corrected chi connectivity index (χ0v) is 16.3. The molecule has 0 radical (unpaired) electrons. The number of hydrogen-bond acceptors (Lipinski definition) is 6. The second-order valence-electron chi connectivity index (χ2n) is 6.96. The zero-order valence-electron chi connectivity index (χ0n) is 16.3. The molecule has 1 N–H and O–H groups in total. The second kappa shape index (κ2) is 8.79. The van der Waals surface area contributed by atoms with Crippen molar-refractivity contribution in [1.29, 1.82) is 0 Å². The normalized spacial score (nSPS) is 14.0. The van der Waals surface area contributed by atoms with E-state index in [1.165, 1.54) is 0 Å². The summed E-state index contributed by atoms with van der Waals surface area (Å²) in [7, 11) is 1.63. The van der Waals surface area contributed by atoms with Crippen LogP contribution in [0.2, 0.25) is 0 Å². The Labute approximate surface area is 169 Å². The van der Waals surface area contributed by atoms with Gasteiger partial charge in [-0.15, -0.1) is 0 Å². The van der Waals surface area contributed by atoms with Crippen LogP contribution in [-0.2, 0) is 4.79 Å². The molecular weight excluding hydrogens is 366 g/mol. The third-order valence-corrected chi connectivity index (χ3v) is 4.89. The number of benzene rings is 1. The maximum atomic E-state index is 12.5. The molecule has 0 unspecified atom stereocenters. The number of ether oxygens (including phenoxy) is 1. The number of nitrogens with one attached hydrogen (secondary N) is 1. The van der Waals surface area contributed by atoms with Crippen LogP contribution >= 0.6 is 0 Å². The van der Waals surface area contributed by atoms with Crippen LogP contribution in [0.4, 0.5) is 5.95 Å². The highest BCUT2D eigenvalue weighted by Crippen LogP contribution is 2.26. The second-order valence-corrected chi connectivity index (χ2v) is 6.96. The largest absolute Gasteiger partial charge is 0.497 e. The van der Waals surface area contributed by atoms with Crippen LogP contribution in [0.3, 0.4) is 0 Å². The van der Waals surface area contributed by atoms with Crippen molar-refractivity contribution < 1.29 is 9.53 Å². The summed E-state index contributed by atoms with van der Waals surface area (Å²) >= 11 is 0. The maximum absolute atomic E-state index is 12.5. The molecule has 2 aromatic heterocycles. The van der Waals surface area contributed by atoms with E-state index >= 15 is 0 Å². The minimum atomic E-state index is -0.101. The number of aromatic nitrogens is 3. The summed E-state index contributed by atoms with van der Waals surface area (Å²) in [4.78, 5) is 27.9. The van der Waals surface area contributed by atoms with Crippen LogP contribution in [-0.4, -0.2) is 52.5 Å². The Hall–Kier alpha value is -3.32. The Bertz CT molecular complexity index is 970. The molecular formula is C22H23N5O2. The first-order valence-corrected chi connectivity index (χ1v) is 9.67. The van der Waals surface area contributed by atoms with Gasteiger partial charge in [-0.1, -0.05) is 0 Å². The fourth-order valence-corrected chi connectivity index (χ4v) is 3.38. The highest BCUT2D eigenvalue weighted by Gasteiger charge is 2.17. The van der Waals surface area contributed by atoms with Crippen molar-refractivity contribution in [2.24, 2.45) is 0 Å². The Morgan fingerprint density at radius 1 is 1.07 bits per heavy atom. The third kappa shape index (κ3) is 4.75. The van der Waals surface area contributed by atoms with Crippen molar-refractivity contribution in [3.63, 3.8) is 0 Å². The SMILES string of the molecule is COc1ccc(-c2cc(-c3cccnc3)nc(NC(=O)CN3CCCC3)n2)cc1. The number of pyridine rings is 1. The fraction of sp³-hybridized carbons (Fsp3) is 0.273. The summed E-state index contributed by atoms with van der Waals surface area (Å²) < 4.78 is 5.24. The smallest absolute Gasteiger partial charge is 0.240 e. The van der Waals surface area contributed by atoms with E-state index in [4.69, 9.17) is 4.74 Å². The van der Waals surface area contributed by atoms with Crippen molar-refractivity contribution in [2.45, 2.75) is 12.8 Å². The van der Waals surface area contributed by atoms with Crippen LogP contribution < -0.4 is 10.1 Å². The number of nitrogens with zero attached hydrogens (tertiary/aromatic N) is 4. The molecule has 1 aliphatic heterocycles. The summed E-state index contributed by atoms with van der Waals surface area (Å²) in [5.41, 5.74) is 3.20. The van der Waals surface area contributed by atoms with E-state index in [0.717, 1.165) is 48.5 Å². The van der Waals surface area contributed by atoms with Crippen LogP contribution in [0.25, 0.3) is 22.5 Å². The number of carbonyl (C=O) groups is 1. The standard InChI is InChI=1S/C22H23N5O2/c1-29-18-8-6-16(7-9-18)19-13-20(17-5-4-10-23-14-17)25-22(24-19)26-21(28)15-27-11-2-3-12-27/h4-10,13-14H,2-3,11-12,15H2,1H3,(H,24,25,26,28). The van der Waals surface area contributed by atoms with Gasteiger partial charge in [-0.3, -0.25) is 20.0 Å². The zero-order chi connectivity index (χ0) is 20.1. The lowest BCUT2D eigenvalue weighted by Crippen LogP contribution is -2.31. The predicted octanol–water partition coefficient (Wildman–Crippen LogP) is 3.25. The summed E-state index contributed by atoms with van der Waals surface area (Å²) in [6, 6.07) is 13.3. The van der Waals surface area contributed by atoms with Crippen molar-refractivity contribution in [1.82, 2.24) is 19.9 Å². The molecule has 7 heteroatoms. The summed E-state index contributed by atoms with van der Waals surface area (Å²) in [5, 5.41) is 2.86. The van der Waals surface area contributed by atoms with E-state index in [2.05, 4.69) is 25.2 Å². The van der Waals surface area contributed by atoms with E-state index in [-0.39, 0.29) is 5.91 Å². The number of carbonyl (C=O) groups excluding carboxylic acids is 1. The predicted molar refractivity (Wildman–Crippen MR) is 112 cm³/mol. The molecule has 148 valence electrons. The molecule has 29 heavy (non-hydrogen) atoms. The molecule has 1 amide bonds. The lowest BCUT2D eigenvalue weighted by molar-refractivity contribution is -0.117. The van der Waals surface area contributed by atoms with Gasteiger partial charge in [-0.25, -0.2) is 9.97 Å². The monoisotopic (exact) mass is 389 g/mol. The molecule has 4 rings (SSSR count). The van der Waals surface area contributed by atoms with Gasteiger partial charge < -0.3 is 4.74 Å². The topological polar surface area (TPSA) is 80.2 Å². The van der Waals surface area contributed by atoms with Gasteiger partial charge in [0.1, 0.15) is 5.75 Å². The summed E-state index contributed by atoms with van der Waals surface area (Å²) in [5.74, 6) is 0.965. The minimum Gasteiger partial charge on any atom is -0.497 e. The van der Waals surface area contributed by atoms with E-state index in [0.29, 0.717) is 18.2 Å². The van der Waals surface area contributed by atoms with Crippen LogP contribution in [0.1, 0.15) is 12.8 Å². The van der Waals surface area contributed by atoms with Crippen molar-refractivity contribution in [3.05, 3.63) is 54.9 Å². The number of methoxy groups -OCH3 is 1. The maximum Gasteiger partial charge on any atom is 0.240 e. The van der Waals surface area contributed by atoms with Gasteiger partial charge in [-0.05, 0) is 68.4 Å². The van der Waals surface area contributed by atoms with Gasteiger partial charge in [0.05, 0.1) is 25.0 Å². The van der Waals surface area contributed by atoms with E-state index in [1.54, 1.807) is 19.5 Å². The Balaban J connectivity index is 1.64. The number of hydrogen-bond donors (Lipinski definition) is 1. The van der Waals surface area contributed by atoms with E-state index in [9.17, 15) is 4.79 Å². The van der Waals surface area contributed by atoms with E-state index in [1.807, 2.05) is 42.5 Å². The molecule has 0 aliphatic carbocycles. The molecule has 0 atom stereocenters. The first-order chi connectivity index (χ1) is 14.2. The molecule has 7 nitrogen and oxygen atoms in total. The van der Waals surface area contributed by atoms with Gasteiger partial charge in [0.15, 0.2) is 0 Å². The average Bonchev–Trinajstić information content (AvgIpc) is 3.27. The molecule has 1 fully saturated rings. The van der Waals surface area contributed by atoms with Crippen molar-refractivity contribution >= 4 is 11.9 Å². The number of likely N-dealkylation sites (tertiary alicyclic amines) is 1. The Kier molecular flexibility index (Phi) is 5.76. The number of rotatable bonds is 6. The molecule has 1 aromatic carbocycles. The molecule has 0 spiro atoms. The lowest BCUT2D eigenvalue weighted by Gasteiger charge is -2.14. The average molecular weight is 389 g/mol. The van der Waals surface area contributed by atoms with Crippen LogP contribution in [0.5, 0.6) is 5.75 Å². The molecule has 3 heterocycles. The van der Waals surface area contributed by atoms with Gasteiger partial charge in [0.2, 0.25) is 11.9 Å². The van der Waals surface area contributed by atoms with Crippen molar-refractivity contribution in [3.8, 4) is 28.3 Å².